The van der Waals surface area contributed by atoms with Crippen LogP contribution in [0.3, 0.4) is 0 Å². The maximum absolute atomic E-state index is 13.5. The van der Waals surface area contributed by atoms with E-state index in [9.17, 15) is 33.6 Å². The van der Waals surface area contributed by atoms with Crippen LogP contribution < -0.4 is 37.6 Å². The van der Waals surface area contributed by atoms with Gasteiger partial charge in [-0.05, 0) is 50.9 Å². The van der Waals surface area contributed by atoms with Gasteiger partial charge >= 0.3 is 11.9 Å². The van der Waals surface area contributed by atoms with E-state index in [-0.39, 0.29) is 37.1 Å². The molecule has 0 aliphatic heterocycles. The molecule has 0 aliphatic carbocycles. The second kappa shape index (κ2) is 22.8. The molecule has 0 aromatic heterocycles. The third kappa shape index (κ3) is 17.4. The minimum atomic E-state index is -1.20. The highest BCUT2D eigenvalue weighted by atomic mass is 16.4. The van der Waals surface area contributed by atoms with Gasteiger partial charge in [-0.2, -0.15) is 0 Å². The van der Waals surface area contributed by atoms with Gasteiger partial charge in [0.2, 0.25) is 29.5 Å². The largest absolute Gasteiger partial charge is 0.481 e. The van der Waals surface area contributed by atoms with Crippen LogP contribution in [0.15, 0.2) is 0 Å². The molecule has 0 aromatic carbocycles. The SMILES string of the molecule is CCC[C@H](NC(=O)[C@@H](NC(=O)[C@@H](N)CCC(=O)O)[C@@H](C)CC)C(=O)N[C@H](CN[C@@H](C)C(=O)N[C@H](C(=O)N[C@@H](C)C(=O)O)C(C)C)CC(C)C. The number of nitrogens with one attached hydrogen (secondary N) is 6. The molecular weight excluding hydrogens is 638 g/mol. The van der Waals surface area contributed by atoms with Crippen molar-refractivity contribution in [2.24, 2.45) is 23.5 Å². The molecule has 0 fully saturated rings. The van der Waals surface area contributed by atoms with Crippen molar-refractivity contribution in [3.8, 4) is 0 Å². The Labute approximate surface area is 290 Å². The molecule has 282 valence electrons. The number of amides is 5. The Bertz CT molecular complexity index is 1120. The van der Waals surface area contributed by atoms with Gasteiger partial charge in [-0.15, -0.1) is 0 Å². The van der Waals surface area contributed by atoms with Crippen molar-refractivity contribution in [2.75, 3.05) is 6.54 Å². The Kier molecular flexibility index (Phi) is 21.0. The van der Waals surface area contributed by atoms with E-state index < -0.39 is 83.8 Å². The molecule has 0 rings (SSSR count). The van der Waals surface area contributed by atoms with Crippen LogP contribution in [0.5, 0.6) is 0 Å². The first kappa shape index (κ1) is 45.2. The Morgan fingerprint density at radius 2 is 1.22 bits per heavy atom. The lowest BCUT2D eigenvalue weighted by Crippen LogP contribution is -2.59. The van der Waals surface area contributed by atoms with Crippen molar-refractivity contribution >= 4 is 41.5 Å². The third-order valence-corrected chi connectivity index (χ3v) is 8.15. The van der Waals surface area contributed by atoms with Gasteiger partial charge in [0.05, 0.1) is 12.1 Å². The fourth-order valence-electron chi connectivity index (χ4n) is 4.85. The molecule has 0 aromatic rings. The average Bonchev–Trinajstić information content (AvgIpc) is 3.01. The lowest BCUT2D eigenvalue weighted by molar-refractivity contribution is -0.142. The van der Waals surface area contributed by atoms with E-state index >= 15 is 0 Å². The van der Waals surface area contributed by atoms with Gasteiger partial charge < -0.3 is 47.8 Å². The first-order chi connectivity index (χ1) is 22.7. The maximum atomic E-state index is 13.5. The normalized spacial score (nSPS) is 16.2. The summed E-state index contributed by atoms with van der Waals surface area (Å²) >= 11 is 0. The third-order valence-electron chi connectivity index (χ3n) is 8.15. The summed E-state index contributed by atoms with van der Waals surface area (Å²) in [6.07, 6.45) is 1.57. The second-order valence-corrected chi connectivity index (χ2v) is 13.5. The minimum Gasteiger partial charge on any atom is -0.481 e. The molecule has 0 heterocycles. The predicted molar refractivity (Wildman–Crippen MR) is 184 cm³/mol. The van der Waals surface area contributed by atoms with Crippen molar-refractivity contribution in [3.63, 3.8) is 0 Å². The van der Waals surface area contributed by atoms with Gasteiger partial charge in [-0.3, -0.25) is 33.6 Å². The van der Waals surface area contributed by atoms with E-state index in [2.05, 4.69) is 31.9 Å². The highest BCUT2D eigenvalue weighted by Crippen LogP contribution is 2.12. The summed E-state index contributed by atoms with van der Waals surface area (Å²) in [5.74, 6) is -5.52. The molecule has 10 N–H and O–H groups in total. The van der Waals surface area contributed by atoms with Crippen LogP contribution in [0.4, 0.5) is 0 Å². The van der Waals surface area contributed by atoms with Crippen LogP contribution in [0.2, 0.25) is 0 Å². The van der Waals surface area contributed by atoms with Crippen molar-refractivity contribution < 1.29 is 43.8 Å². The number of nitrogens with two attached hydrogens (primary N) is 1. The van der Waals surface area contributed by atoms with E-state index in [1.807, 2.05) is 27.7 Å². The summed E-state index contributed by atoms with van der Waals surface area (Å²) in [5, 5.41) is 34.6. The highest BCUT2D eigenvalue weighted by molar-refractivity contribution is 5.94. The summed E-state index contributed by atoms with van der Waals surface area (Å²) < 4.78 is 0. The molecule has 0 radical (unpaired) electrons. The number of hydrogen-bond acceptors (Lipinski definition) is 9. The molecule has 0 aliphatic rings. The van der Waals surface area contributed by atoms with Crippen molar-refractivity contribution in [1.29, 1.82) is 0 Å². The number of aliphatic carboxylic acids is 2. The summed E-state index contributed by atoms with van der Waals surface area (Å²) in [6.45, 7) is 16.0. The zero-order chi connectivity index (χ0) is 38.0. The lowest BCUT2D eigenvalue weighted by Gasteiger charge is -2.29. The first-order valence-electron chi connectivity index (χ1n) is 17.2. The number of hydrogen-bond donors (Lipinski definition) is 9. The second-order valence-electron chi connectivity index (χ2n) is 13.5. The quantitative estimate of drug-likeness (QED) is 0.0659. The molecule has 16 nitrogen and oxygen atoms in total. The van der Waals surface area contributed by atoms with Crippen LogP contribution in [0.25, 0.3) is 0 Å². The first-order valence-corrected chi connectivity index (χ1v) is 17.2. The van der Waals surface area contributed by atoms with Gasteiger partial charge in [0.25, 0.3) is 0 Å². The average molecular weight is 700 g/mol. The van der Waals surface area contributed by atoms with E-state index in [1.165, 1.54) is 6.92 Å². The zero-order valence-corrected chi connectivity index (χ0v) is 30.6. The minimum absolute atomic E-state index is 0.0951. The molecule has 0 saturated carbocycles. The fraction of sp³-hybridized carbons (Fsp3) is 0.788. The molecule has 0 saturated heterocycles. The zero-order valence-electron chi connectivity index (χ0n) is 30.6. The van der Waals surface area contributed by atoms with Gasteiger partial charge in [0.1, 0.15) is 24.2 Å². The topological polar surface area (TPSA) is 258 Å². The maximum Gasteiger partial charge on any atom is 0.325 e. The van der Waals surface area contributed by atoms with Crippen LogP contribution in [-0.4, -0.2) is 101 Å². The van der Waals surface area contributed by atoms with Crippen molar-refractivity contribution in [1.82, 2.24) is 31.9 Å². The Morgan fingerprint density at radius 3 is 1.71 bits per heavy atom. The van der Waals surface area contributed by atoms with E-state index in [0.29, 0.717) is 25.7 Å². The van der Waals surface area contributed by atoms with E-state index in [0.717, 1.165) is 0 Å². The van der Waals surface area contributed by atoms with E-state index in [4.69, 9.17) is 15.9 Å². The van der Waals surface area contributed by atoms with Crippen LogP contribution in [-0.2, 0) is 33.6 Å². The summed E-state index contributed by atoms with van der Waals surface area (Å²) in [6, 6.07) is -6.34. The standard InChI is InChI=1S/C33H61N7O9/c1-10-12-24(38-32(47)27(19(7)11-2)40-29(44)23(34)13-14-25(41)42)30(45)37-22(15-17(3)4)16-35-20(8)28(43)39-26(18(5)6)31(46)36-21(9)33(48)49/h17-24,26-27,35H,10-16,34H2,1-9H3,(H,36,46)(H,37,45)(H,38,47)(H,39,43)(H,40,44)(H,41,42)(H,48,49)/t19-,20-,21-,22-,23-,24-,26-,27-/m0/s1. The van der Waals surface area contributed by atoms with Gasteiger partial charge in [-0.25, -0.2) is 0 Å². The Morgan fingerprint density at radius 1 is 0.653 bits per heavy atom. The summed E-state index contributed by atoms with van der Waals surface area (Å²) in [7, 11) is 0. The van der Waals surface area contributed by atoms with Crippen molar-refractivity contribution in [2.45, 2.75) is 143 Å². The molecule has 0 unspecified atom stereocenters. The highest BCUT2D eigenvalue weighted by Gasteiger charge is 2.32. The summed E-state index contributed by atoms with van der Waals surface area (Å²) in [5.41, 5.74) is 5.85. The molecule has 5 amide bonds. The molecular formula is C33H61N7O9. The molecule has 0 bridgehead atoms. The monoisotopic (exact) mass is 699 g/mol. The molecule has 16 heteroatoms. The smallest absolute Gasteiger partial charge is 0.325 e. The van der Waals surface area contributed by atoms with Gasteiger partial charge in [-0.1, -0.05) is 61.3 Å². The van der Waals surface area contributed by atoms with Crippen LogP contribution in [0, 0.1) is 17.8 Å². The van der Waals surface area contributed by atoms with Gasteiger partial charge in [0.15, 0.2) is 0 Å². The van der Waals surface area contributed by atoms with Gasteiger partial charge in [0, 0.05) is 19.0 Å². The molecule has 49 heavy (non-hydrogen) atoms. The van der Waals surface area contributed by atoms with Crippen LogP contribution >= 0.6 is 0 Å². The predicted octanol–water partition coefficient (Wildman–Crippen LogP) is 0.233. The van der Waals surface area contributed by atoms with Crippen molar-refractivity contribution in [3.05, 3.63) is 0 Å². The Hall–Kier alpha value is -3.79. The fourth-order valence-corrected chi connectivity index (χ4v) is 4.85. The lowest BCUT2D eigenvalue weighted by atomic mass is 9.96. The number of carboxylic acids is 2. The van der Waals surface area contributed by atoms with Crippen LogP contribution in [0.1, 0.15) is 101 Å². The Balaban J connectivity index is 5.64. The number of carbonyl (C=O) groups excluding carboxylic acids is 5. The number of carbonyl (C=O) groups is 7. The molecule has 8 atom stereocenters. The molecule has 0 spiro atoms. The number of rotatable bonds is 24. The summed E-state index contributed by atoms with van der Waals surface area (Å²) in [4.78, 5) is 87.4. The number of carboxylic acid groups (broad SMARTS) is 2. The van der Waals surface area contributed by atoms with E-state index in [1.54, 1.807) is 27.7 Å².